The highest BCUT2D eigenvalue weighted by molar-refractivity contribution is 7.14. The number of ether oxygens (including phenoxy) is 1. The smallest absolute Gasteiger partial charge is 0.339 e. The van der Waals surface area contributed by atoms with Gasteiger partial charge in [0.15, 0.2) is 5.78 Å². The summed E-state index contributed by atoms with van der Waals surface area (Å²) in [7, 11) is 1.10. The van der Waals surface area contributed by atoms with Gasteiger partial charge in [0.25, 0.3) is 0 Å². The number of carbonyl (C=O) groups is 3. The zero-order chi connectivity index (χ0) is 20.8. The molecule has 0 fully saturated rings. The number of aromatic nitrogens is 1. The highest BCUT2D eigenvalue weighted by Gasteiger charge is 2.22. The molecule has 2 aromatic rings. The largest absolute Gasteiger partial charge is 0.465 e. The van der Waals surface area contributed by atoms with E-state index in [9.17, 15) is 29.3 Å². The van der Waals surface area contributed by atoms with Gasteiger partial charge in [0.05, 0.1) is 29.0 Å². The molecule has 0 aromatic carbocycles. The SMILES string of the molecule is COC(=O)c1cc([N+](=O)[O-])c(=O)n(CC(=O)c2ccc(CCNC(C)=O)s2)c1. The topological polar surface area (TPSA) is 138 Å². The van der Waals surface area contributed by atoms with Gasteiger partial charge in [0, 0.05) is 30.6 Å². The van der Waals surface area contributed by atoms with Gasteiger partial charge in [0.2, 0.25) is 5.91 Å². The first-order chi connectivity index (χ1) is 13.2. The summed E-state index contributed by atoms with van der Waals surface area (Å²) in [4.78, 5) is 58.7. The minimum absolute atomic E-state index is 0.153. The van der Waals surface area contributed by atoms with E-state index < -0.39 is 34.5 Å². The number of ketones is 1. The van der Waals surface area contributed by atoms with Crippen LogP contribution in [-0.2, 0) is 22.5 Å². The quantitative estimate of drug-likeness (QED) is 0.300. The van der Waals surface area contributed by atoms with Crippen molar-refractivity contribution in [1.29, 1.82) is 0 Å². The molecule has 0 saturated carbocycles. The number of methoxy groups -OCH3 is 1. The third-order valence-electron chi connectivity index (χ3n) is 3.68. The van der Waals surface area contributed by atoms with Crippen LogP contribution in [0.2, 0.25) is 0 Å². The fourth-order valence-electron chi connectivity index (χ4n) is 2.35. The van der Waals surface area contributed by atoms with Gasteiger partial charge in [0.1, 0.15) is 0 Å². The van der Waals surface area contributed by atoms with Crippen molar-refractivity contribution in [3.8, 4) is 0 Å². The first kappa shape index (κ1) is 21.0. The van der Waals surface area contributed by atoms with Crippen LogP contribution in [0.25, 0.3) is 0 Å². The number of rotatable bonds is 8. The van der Waals surface area contributed by atoms with E-state index in [1.54, 1.807) is 12.1 Å². The molecule has 0 bridgehead atoms. The summed E-state index contributed by atoms with van der Waals surface area (Å²) < 4.78 is 5.35. The molecule has 2 rings (SSSR count). The summed E-state index contributed by atoms with van der Waals surface area (Å²) in [5.74, 6) is -1.45. The molecule has 2 heterocycles. The zero-order valence-electron chi connectivity index (χ0n) is 15.1. The maximum Gasteiger partial charge on any atom is 0.339 e. The average Bonchev–Trinajstić information content (AvgIpc) is 3.11. The lowest BCUT2D eigenvalue weighted by Gasteiger charge is -2.06. The average molecular weight is 407 g/mol. The second-order valence-corrected chi connectivity index (χ2v) is 6.89. The van der Waals surface area contributed by atoms with E-state index in [1.165, 1.54) is 18.3 Å². The summed E-state index contributed by atoms with van der Waals surface area (Å²) in [5, 5.41) is 13.7. The van der Waals surface area contributed by atoms with E-state index >= 15 is 0 Å². The molecule has 0 unspecified atom stereocenters. The highest BCUT2D eigenvalue weighted by atomic mass is 32.1. The van der Waals surface area contributed by atoms with Crippen LogP contribution >= 0.6 is 11.3 Å². The Kier molecular flexibility index (Phi) is 6.77. The second kappa shape index (κ2) is 9.04. The lowest BCUT2D eigenvalue weighted by Crippen LogP contribution is -2.27. The fraction of sp³-hybridized carbons (Fsp3) is 0.294. The number of hydrogen-bond acceptors (Lipinski definition) is 8. The minimum atomic E-state index is -0.992. The van der Waals surface area contributed by atoms with Gasteiger partial charge in [-0.15, -0.1) is 11.3 Å². The Bertz CT molecular complexity index is 993. The van der Waals surface area contributed by atoms with Gasteiger partial charge in [-0.3, -0.25) is 24.5 Å². The van der Waals surface area contributed by atoms with Crippen LogP contribution in [0.5, 0.6) is 0 Å². The van der Waals surface area contributed by atoms with Gasteiger partial charge in [-0.2, -0.15) is 0 Å². The van der Waals surface area contributed by atoms with Crippen molar-refractivity contribution in [2.45, 2.75) is 19.9 Å². The van der Waals surface area contributed by atoms with E-state index in [0.717, 1.165) is 28.8 Å². The first-order valence-electron chi connectivity index (χ1n) is 8.06. The van der Waals surface area contributed by atoms with Crippen molar-refractivity contribution < 1.29 is 24.0 Å². The molecule has 0 spiro atoms. The number of carbonyl (C=O) groups excluding carboxylic acids is 3. The van der Waals surface area contributed by atoms with Gasteiger partial charge in [-0.25, -0.2) is 4.79 Å². The van der Waals surface area contributed by atoms with Crippen molar-refractivity contribution in [2.24, 2.45) is 0 Å². The number of Topliss-reactive ketones (excluding diaryl/α,β-unsaturated/α-hetero) is 1. The second-order valence-electron chi connectivity index (χ2n) is 5.72. The van der Waals surface area contributed by atoms with E-state index in [1.807, 2.05) is 0 Å². The summed E-state index contributed by atoms with van der Waals surface area (Å²) in [6.07, 6.45) is 1.60. The van der Waals surface area contributed by atoms with E-state index in [-0.39, 0.29) is 11.5 Å². The molecule has 2 aromatic heterocycles. The van der Waals surface area contributed by atoms with Crippen molar-refractivity contribution in [3.63, 3.8) is 0 Å². The van der Waals surface area contributed by atoms with Crippen molar-refractivity contribution >= 4 is 34.7 Å². The van der Waals surface area contributed by atoms with Gasteiger partial charge in [-0.05, 0) is 18.6 Å². The monoisotopic (exact) mass is 407 g/mol. The molecule has 11 heteroatoms. The van der Waals surface area contributed by atoms with Crippen LogP contribution in [-0.4, -0.2) is 40.8 Å². The molecule has 0 atom stereocenters. The molecule has 0 aliphatic rings. The number of esters is 1. The Morgan fingerprint density at radius 3 is 2.64 bits per heavy atom. The van der Waals surface area contributed by atoms with Crippen molar-refractivity contribution in [2.75, 3.05) is 13.7 Å². The number of hydrogen-bond donors (Lipinski definition) is 1. The highest BCUT2D eigenvalue weighted by Crippen LogP contribution is 2.18. The standard InChI is InChI=1S/C17H17N3O7S/c1-10(21)18-6-5-12-3-4-15(28-12)14(22)9-19-8-11(17(24)27-2)7-13(16(19)23)20(25)26/h3-4,7-8H,5-6,9H2,1-2H3,(H,18,21). The number of nitrogens with zero attached hydrogens (tertiary/aromatic N) is 2. The predicted octanol–water partition coefficient (Wildman–Crippen LogP) is 1.17. The number of nitro groups is 1. The van der Waals surface area contributed by atoms with E-state index in [4.69, 9.17) is 0 Å². The lowest BCUT2D eigenvalue weighted by atomic mass is 10.2. The molecular formula is C17H17N3O7S. The molecule has 0 aliphatic heterocycles. The molecule has 0 radical (unpaired) electrons. The van der Waals surface area contributed by atoms with Gasteiger partial charge < -0.3 is 14.6 Å². The van der Waals surface area contributed by atoms with E-state index in [0.29, 0.717) is 17.8 Å². The van der Waals surface area contributed by atoms with E-state index in [2.05, 4.69) is 10.1 Å². The summed E-state index contributed by atoms with van der Waals surface area (Å²) in [6.45, 7) is 1.37. The Labute approximate surface area is 162 Å². The molecule has 28 heavy (non-hydrogen) atoms. The van der Waals surface area contributed by atoms with Crippen LogP contribution in [0.1, 0.15) is 31.8 Å². The number of thiophene rings is 1. The first-order valence-corrected chi connectivity index (χ1v) is 8.88. The Morgan fingerprint density at radius 2 is 2.04 bits per heavy atom. The van der Waals surface area contributed by atoms with Crippen molar-refractivity contribution in [3.05, 3.63) is 60.2 Å². The molecule has 0 saturated heterocycles. The third kappa shape index (κ3) is 5.10. The molecule has 1 amide bonds. The van der Waals surface area contributed by atoms with Crippen LogP contribution < -0.4 is 10.9 Å². The van der Waals surface area contributed by atoms with Crippen LogP contribution in [0.15, 0.2) is 29.2 Å². The number of amides is 1. The number of nitrogens with one attached hydrogen (secondary N) is 1. The van der Waals surface area contributed by atoms with Crippen LogP contribution in [0.4, 0.5) is 5.69 Å². The minimum Gasteiger partial charge on any atom is -0.465 e. The van der Waals surface area contributed by atoms with Crippen molar-refractivity contribution in [1.82, 2.24) is 9.88 Å². The zero-order valence-corrected chi connectivity index (χ0v) is 15.9. The van der Waals surface area contributed by atoms with Gasteiger partial charge >= 0.3 is 17.2 Å². The Morgan fingerprint density at radius 1 is 1.32 bits per heavy atom. The number of pyridine rings is 1. The molecule has 148 valence electrons. The maximum atomic E-state index is 12.5. The summed E-state index contributed by atoms with van der Waals surface area (Å²) in [6, 6.07) is 4.13. The normalized spacial score (nSPS) is 10.4. The summed E-state index contributed by atoms with van der Waals surface area (Å²) in [5.41, 5.74) is -2.02. The Balaban J connectivity index is 2.23. The van der Waals surface area contributed by atoms with Gasteiger partial charge in [-0.1, -0.05) is 0 Å². The maximum absolute atomic E-state index is 12.5. The summed E-state index contributed by atoms with van der Waals surface area (Å²) >= 11 is 1.20. The molecule has 10 nitrogen and oxygen atoms in total. The lowest BCUT2D eigenvalue weighted by molar-refractivity contribution is -0.386. The third-order valence-corrected chi connectivity index (χ3v) is 4.87. The van der Waals surface area contributed by atoms with Crippen LogP contribution in [0.3, 0.4) is 0 Å². The Hall–Kier alpha value is -3.34. The molecular weight excluding hydrogens is 390 g/mol. The van der Waals surface area contributed by atoms with Crippen LogP contribution in [0, 0.1) is 10.1 Å². The molecule has 0 aliphatic carbocycles. The molecule has 1 N–H and O–H groups in total. The predicted molar refractivity (Wildman–Crippen MR) is 99.7 cm³/mol. The fourth-order valence-corrected chi connectivity index (χ4v) is 3.29.